The lowest BCUT2D eigenvalue weighted by molar-refractivity contribution is -0.140. The first kappa shape index (κ1) is 26.8. The number of carbonyl (C=O) groups is 1. The fourth-order valence-corrected chi connectivity index (χ4v) is 6.20. The number of aliphatic hydroxyl groups excluding tert-OH is 1. The van der Waals surface area contributed by atoms with Crippen LogP contribution in [0, 0.1) is 5.82 Å². The molecule has 2 saturated heterocycles. The zero-order valence-electron chi connectivity index (χ0n) is 21.7. The molecular weight excluding hydrogens is 502 g/mol. The summed E-state index contributed by atoms with van der Waals surface area (Å²) < 4.78 is 54.6. The van der Waals surface area contributed by atoms with E-state index >= 15 is 0 Å². The summed E-state index contributed by atoms with van der Waals surface area (Å²) in [5, 5.41) is 13.7. The number of hydrogen-bond donors (Lipinski definition) is 2. The molecule has 38 heavy (non-hydrogen) atoms. The number of aromatic nitrogens is 2. The maximum absolute atomic E-state index is 14.1. The Morgan fingerprint density at radius 2 is 1.89 bits per heavy atom. The number of nitrogens with zero attached hydrogens (tertiary/aromatic N) is 4. The van der Waals surface area contributed by atoms with Crippen LogP contribution in [0.25, 0.3) is 0 Å². The van der Waals surface area contributed by atoms with Crippen molar-refractivity contribution in [3.63, 3.8) is 0 Å². The van der Waals surface area contributed by atoms with Crippen LogP contribution in [0.1, 0.15) is 80.4 Å². The molecule has 2 N–H and O–H groups in total. The third-order valence-electron chi connectivity index (χ3n) is 8.15. The van der Waals surface area contributed by atoms with Crippen molar-refractivity contribution in [3.05, 3.63) is 52.7 Å². The molecule has 4 atom stereocenters. The van der Waals surface area contributed by atoms with Gasteiger partial charge in [-0.25, -0.2) is 14.4 Å². The van der Waals surface area contributed by atoms with Gasteiger partial charge in [0, 0.05) is 43.3 Å². The van der Waals surface area contributed by atoms with E-state index < -0.39 is 29.6 Å². The second-order valence-electron chi connectivity index (χ2n) is 11.3. The van der Waals surface area contributed by atoms with Crippen molar-refractivity contribution in [3.8, 4) is 0 Å². The molecule has 2 aromatic rings. The topological polar surface area (TPSA) is 81.6 Å². The van der Waals surface area contributed by atoms with Crippen molar-refractivity contribution in [2.75, 3.05) is 31.1 Å². The van der Waals surface area contributed by atoms with E-state index in [1.54, 1.807) is 4.90 Å². The zero-order chi connectivity index (χ0) is 27.4. The van der Waals surface area contributed by atoms with Crippen LogP contribution < -0.4 is 10.2 Å². The van der Waals surface area contributed by atoms with E-state index in [4.69, 9.17) is 0 Å². The van der Waals surface area contributed by atoms with E-state index in [9.17, 15) is 27.5 Å². The average molecular weight is 536 g/mol. The van der Waals surface area contributed by atoms with Crippen LogP contribution in [-0.2, 0) is 11.0 Å². The van der Waals surface area contributed by atoms with Gasteiger partial charge in [-0.05, 0) is 56.7 Å². The predicted octanol–water partition coefficient (Wildman–Crippen LogP) is 4.14. The molecule has 5 rings (SSSR count). The summed E-state index contributed by atoms with van der Waals surface area (Å²) in [5.74, 6) is -1.62. The molecule has 0 saturated carbocycles. The maximum Gasteiger partial charge on any atom is 0.419 e. The Balaban J connectivity index is 1.39. The van der Waals surface area contributed by atoms with Crippen molar-refractivity contribution in [1.82, 2.24) is 20.2 Å². The normalized spacial score (nSPS) is 25.9. The SMILES string of the molecule is C[C@@H]1C[C@@H](O)c2ncnc(N3CCN(C(=O)[C@@H](c4ccc(F)c(C(F)(F)F)c4)[C@@H]4CCC(C)(C)N4)CC3)c21. The number of halogens is 4. The minimum Gasteiger partial charge on any atom is -0.387 e. The summed E-state index contributed by atoms with van der Waals surface area (Å²) in [6.45, 7) is 7.74. The Hall–Kier alpha value is -2.79. The van der Waals surface area contributed by atoms with Crippen LogP contribution in [0.15, 0.2) is 24.5 Å². The molecule has 3 heterocycles. The summed E-state index contributed by atoms with van der Waals surface area (Å²) in [5.41, 5.74) is 0.124. The van der Waals surface area contributed by atoms with Gasteiger partial charge in [-0.3, -0.25) is 4.79 Å². The molecule has 2 aliphatic heterocycles. The van der Waals surface area contributed by atoms with Crippen molar-refractivity contribution in [1.29, 1.82) is 0 Å². The lowest BCUT2D eigenvalue weighted by Crippen LogP contribution is -2.53. The largest absolute Gasteiger partial charge is 0.419 e. The van der Waals surface area contributed by atoms with Gasteiger partial charge in [0.05, 0.1) is 23.3 Å². The highest BCUT2D eigenvalue weighted by Gasteiger charge is 2.43. The monoisotopic (exact) mass is 535 g/mol. The Morgan fingerprint density at radius 3 is 2.53 bits per heavy atom. The number of carbonyl (C=O) groups excluding carboxylic acids is 1. The van der Waals surface area contributed by atoms with Gasteiger partial charge in [-0.1, -0.05) is 13.0 Å². The second kappa shape index (κ2) is 9.75. The van der Waals surface area contributed by atoms with Crippen molar-refractivity contribution in [2.24, 2.45) is 0 Å². The van der Waals surface area contributed by atoms with Crippen molar-refractivity contribution in [2.45, 2.75) is 75.7 Å². The molecule has 3 aliphatic rings. The van der Waals surface area contributed by atoms with Gasteiger partial charge in [0.25, 0.3) is 0 Å². The Labute approximate surface area is 219 Å². The number of fused-ring (bicyclic) bond motifs is 1. The first-order valence-corrected chi connectivity index (χ1v) is 13.1. The molecule has 2 fully saturated rings. The third kappa shape index (κ3) is 4.98. The van der Waals surface area contributed by atoms with E-state index in [0.717, 1.165) is 29.9 Å². The van der Waals surface area contributed by atoms with Crippen LogP contribution >= 0.6 is 0 Å². The average Bonchev–Trinajstić information content (AvgIpc) is 3.37. The standard InChI is InChI=1S/C27H33F4N5O2/c1-15-12-20(37)23-21(15)24(33-14-32-23)35-8-10-36(11-9-35)25(38)22(19-6-7-26(2,3)34-19)16-4-5-18(28)17(13-16)27(29,30)31/h4-5,13-15,19-20,22,34,37H,6-12H2,1-3H3/t15-,19+,20-,22+/m1/s1. The molecule has 0 unspecified atom stereocenters. The van der Waals surface area contributed by atoms with Crippen LogP contribution in [0.5, 0.6) is 0 Å². The van der Waals surface area contributed by atoms with Gasteiger partial charge in [0.1, 0.15) is 18.0 Å². The van der Waals surface area contributed by atoms with Crippen LogP contribution in [0.2, 0.25) is 0 Å². The summed E-state index contributed by atoms with van der Waals surface area (Å²) in [7, 11) is 0. The highest BCUT2D eigenvalue weighted by molar-refractivity contribution is 5.85. The number of alkyl halides is 3. The predicted molar refractivity (Wildman–Crippen MR) is 133 cm³/mol. The minimum absolute atomic E-state index is 0.110. The Morgan fingerprint density at radius 1 is 1.18 bits per heavy atom. The van der Waals surface area contributed by atoms with E-state index in [0.29, 0.717) is 44.7 Å². The van der Waals surface area contributed by atoms with Crippen LogP contribution in [0.3, 0.4) is 0 Å². The highest BCUT2D eigenvalue weighted by atomic mass is 19.4. The summed E-state index contributed by atoms with van der Waals surface area (Å²) >= 11 is 0. The number of piperazine rings is 1. The molecular formula is C27H33F4N5O2. The first-order chi connectivity index (χ1) is 17.9. The van der Waals surface area contributed by atoms with Gasteiger partial charge in [-0.2, -0.15) is 13.2 Å². The van der Waals surface area contributed by atoms with Crippen LogP contribution in [-0.4, -0.2) is 63.6 Å². The number of benzene rings is 1. The number of nitrogens with one attached hydrogen (secondary N) is 1. The molecule has 0 bridgehead atoms. The number of anilines is 1. The summed E-state index contributed by atoms with van der Waals surface area (Å²) in [4.78, 5) is 26.4. The van der Waals surface area contributed by atoms with E-state index in [1.165, 1.54) is 12.4 Å². The van der Waals surface area contributed by atoms with E-state index in [2.05, 4.69) is 20.2 Å². The fourth-order valence-electron chi connectivity index (χ4n) is 6.20. The molecule has 0 radical (unpaired) electrons. The quantitative estimate of drug-likeness (QED) is 0.573. The lowest BCUT2D eigenvalue weighted by Gasteiger charge is -2.39. The van der Waals surface area contributed by atoms with Gasteiger partial charge < -0.3 is 20.2 Å². The molecule has 1 aromatic heterocycles. The summed E-state index contributed by atoms with van der Waals surface area (Å²) in [6.07, 6.45) is -2.05. The van der Waals surface area contributed by atoms with Gasteiger partial charge in [0.2, 0.25) is 5.91 Å². The van der Waals surface area contributed by atoms with Gasteiger partial charge in [-0.15, -0.1) is 0 Å². The van der Waals surface area contributed by atoms with Crippen molar-refractivity contribution < 1.29 is 27.5 Å². The molecule has 1 aliphatic carbocycles. The molecule has 11 heteroatoms. The molecule has 1 amide bonds. The highest BCUT2D eigenvalue weighted by Crippen LogP contribution is 2.43. The molecule has 0 spiro atoms. The maximum atomic E-state index is 14.1. The van der Waals surface area contributed by atoms with Gasteiger partial charge >= 0.3 is 6.18 Å². The smallest absolute Gasteiger partial charge is 0.387 e. The van der Waals surface area contributed by atoms with Gasteiger partial charge in [0.15, 0.2) is 0 Å². The lowest BCUT2D eigenvalue weighted by atomic mass is 9.87. The summed E-state index contributed by atoms with van der Waals surface area (Å²) in [6, 6.07) is 2.53. The third-order valence-corrected chi connectivity index (χ3v) is 8.15. The molecule has 206 valence electrons. The molecule has 7 nitrogen and oxygen atoms in total. The Bertz CT molecular complexity index is 1210. The number of aliphatic hydroxyl groups is 1. The van der Waals surface area contributed by atoms with E-state index in [1.807, 2.05) is 20.8 Å². The Kier molecular flexibility index (Phi) is 6.88. The minimum atomic E-state index is -4.86. The van der Waals surface area contributed by atoms with Crippen LogP contribution in [0.4, 0.5) is 23.4 Å². The number of amides is 1. The molecule has 1 aromatic carbocycles. The fraction of sp³-hybridized carbons (Fsp3) is 0.593. The van der Waals surface area contributed by atoms with Crippen molar-refractivity contribution >= 4 is 11.7 Å². The number of hydrogen-bond acceptors (Lipinski definition) is 6. The second-order valence-corrected chi connectivity index (χ2v) is 11.3. The zero-order valence-corrected chi connectivity index (χ0v) is 21.7. The number of rotatable bonds is 4. The van der Waals surface area contributed by atoms with E-state index in [-0.39, 0.29) is 29.0 Å². The first-order valence-electron chi connectivity index (χ1n) is 13.1.